The van der Waals surface area contributed by atoms with E-state index in [2.05, 4.69) is 26.3 Å². The number of phenols is 1. The highest BCUT2D eigenvalue weighted by atomic mass is 79.9. The summed E-state index contributed by atoms with van der Waals surface area (Å²) >= 11 is 16.1. The lowest BCUT2D eigenvalue weighted by molar-refractivity contribution is -0.139. The van der Waals surface area contributed by atoms with Gasteiger partial charge in [0.2, 0.25) is 11.8 Å². The van der Waals surface area contributed by atoms with Crippen molar-refractivity contribution in [3.63, 3.8) is 0 Å². The number of hydrogen-bond donors (Lipinski definition) is 4. The minimum absolute atomic E-state index is 0.0142. The van der Waals surface area contributed by atoms with E-state index in [1.54, 1.807) is 24.3 Å². The van der Waals surface area contributed by atoms with Crippen LogP contribution < -0.4 is 20.5 Å². The number of fused-ring (bicyclic) bond motifs is 4. The van der Waals surface area contributed by atoms with Gasteiger partial charge in [-0.3, -0.25) is 29.5 Å². The van der Waals surface area contributed by atoms with Gasteiger partial charge in [-0.15, -0.1) is 0 Å². The lowest BCUT2D eigenvalue weighted by atomic mass is 9.49. The summed E-state index contributed by atoms with van der Waals surface area (Å²) in [5.41, 5.74) is 0.532. The van der Waals surface area contributed by atoms with Crippen molar-refractivity contribution in [2.75, 3.05) is 17.4 Å². The molecule has 58 heavy (non-hydrogen) atoms. The lowest BCUT2D eigenvalue weighted by Crippen LogP contribution is -2.53. The molecular formula is C39H29BBrCl2F3N4O8. The highest BCUT2D eigenvalue weighted by Crippen LogP contribution is 2.65. The third kappa shape index (κ3) is 6.08. The van der Waals surface area contributed by atoms with Crippen molar-refractivity contribution in [3.05, 3.63) is 116 Å². The molecule has 2 aliphatic heterocycles. The Balaban J connectivity index is 1.33. The Labute approximate surface area is 346 Å². The monoisotopic (exact) mass is 898 g/mol. The number of halogens is 6. The van der Waals surface area contributed by atoms with Crippen LogP contribution in [0.5, 0.6) is 11.5 Å². The quantitative estimate of drug-likeness (QED) is 0.102. The number of nitrogens with one attached hydrogen (secondary N) is 1. The van der Waals surface area contributed by atoms with Gasteiger partial charge < -0.3 is 19.9 Å². The van der Waals surface area contributed by atoms with Crippen LogP contribution in [0.3, 0.4) is 0 Å². The fourth-order valence-electron chi connectivity index (χ4n) is 9.18. The van der Waals surface area contributed by atoms with E-state index in [1.165, 1.54) is 49.6 Å². The second-order valence-electron chi connectivity index (χ2n) is 14.4. The number of anilines is 2. The number of phenolic OH excluding ortho intramolecular Hbond substituents is 1. The minimum Gasteiger partial charge on any atom is -0.504 e. The number of benzene rings is 3. The predicted octanol–water partition coefficient (Wildman–Crippen LogP) is 5.75. The molecule has 3 aromatic carbocycles. The van der Waals surface area contributed by atoms with Gasteiger partial charge in [-0.25, -0.2) is 4.98 Å². The molecule has 4 aromatic rings. The highest BCUT2D eigenvalue weighted by molar-refractivity contribution is 9.10. The third-order valence-corrected chi connectivity index (χ3v) is 12.6. The van der Waals surface area contributed by atoms with Crippen LogP contribution in [0.1, 0.15) is 35.4 Å². The van der Waals surface area contributed by atoms with E-state index in [9.17, 15) is 42.7 Å². The van der Waals surface area contributed by atoms with Gasteiger partial charge in [0.25, 0.3) is 11.8 Å². The number of carbonyl (C=O) groups is 4. The molecule has 0 bridgehead atoms. The standard InChI is InChI=1S/C39H29BBrCl2F3N4O8/c1-58-29-14-20(41)13-26(32(29)51)31-23-9-10-24-30(36(54)49(34(24)52)22-4-2-3-19(12-22)40(56)57)25(23)15-27-35(53)50(37(55)38(27,31)17-5-7-21(42)8-6-17)48-33-28(43)11-18(16-47-33)39(44,45)46/h2-9,11-14,16,24-25,27,30-31,51,56-57H,10,15H2,1H3,(H,47,48). The summed E-state index contributed by atoms with van der Waals surface area (Å²) in [6.45, 7) is 0. The molecule has 0 radical (unpaired) electrons. The number of amides is 4. The Hall–Kier alpha value is -4.94. The number of rotatable bonds is 7. The Bertz CT molecular complexity index is 2460. The summed E-state index contributed by atoms with van der Waals surface area (Å²) in [5, 5.41) is 32.0. The first-order valence-electron chi connectivity index (χ1n) is 17.7. The van der Waals surface area contributed by atoms with Gasteiger partial charge in [-0.2, -0.15) is 18.2 Å². The molecule has 1 aromatic heterocycles. The average molecular weight is 900 g/mol. The summed E-state index contributed by atoms with van der Waals surface area (Å²) in [6, 6.07) is 15.5. The number of methoxy groups -OCH3 is 1. The summed E-state index contributed by atoms with van der Waals surface area (Å²) in [6.07, 6.45) is -2.68. The van der Waals surface area contributed by atoms with E-state index in [1.807, 2.05) is 0 Å². The van der Waals surface area contributed by atoms with Crippen LogP contribution in [0, 0.1) is 23.7 Å². The van der Waals surface area contributed by atoms with Crippen molar-refractivity contribution in [2.45, 2.75) is 30.4 Å². The smallest absolute Gasteiger partial charge is 0.488 e. The van der Waals surface area contributed by atoms with Gasteiger partial charge in [-0.05, 0) is 72.3 Å². The number of carbonyl (C=O) groups excluding carboxylic acids is 4. The number of hydrogen-bond acceptors (Lipinski definition) is 10. The van der Waals surface area contributed by atoms with E-state index in [4.69, 9.17) is 27.9 Å². The largest absolute Gasteiger partial charge is 0.504 e. The van der Waals surface area contributed by atoms with Gasteiger partial charge in [0.15, 0.2) is 17.3 Å². The number of allylic oxidation sites excluding steroid dienone is 2. The first-order chi connectivity index (χ1) is 27.5. The first kappa shape index (κ1) is 39.9. The van der Waals surface area contributed by atoms with Crippen LogP contribution in [-0.4, -0.2) is 63.0 Å². The molecule has 3 heterocycles. The molecule has 12 nitrogen and oxygen atoms in total. The van der Waals surface area contributed by atoms with Gasteiger partial charge in [0.1, 0.15) is 0 Å². The summed E-state index contributed by atoms with van der Waals surface area (Å²) in [4.78, 5) is 63.8. The molecular weight excluding hydrogens is 871 g/mol. The number of hydrazine groups is 1. The molecule has 6 unspecified atom stereocenters. The summed E-state index contributed by atoms with van der Waals surface area (Å²) < 4.78 is 46.5. The number of imide groups is 2. The van der Waals surface area contributed by atoms with Gasteiger partial charge in [0.05, 0.1) is 46.6 Å². The van der Waals surface area contributed by atoms with Crippen LogP contribution in [-0.2, 0) is 30.8 Å². The van der Waals surface area contributed by atoms with Gasteiger partial charge >= 0.3 is 13.3 Å². The normalized spacial score (nSPS) is 25.3. The molecule has 3 fully saturated rings. The number of aromatic nitrogens is 1. The zero-order chi connectivity index (χ0) is 41.6. The van der Waals surface area contributed by atoms with E-state index in [-0.39, 0.29) is 46.6 Å². The predicted molar refractivity (Wildman–Crippen MR) is 208 cm³/mol. The van der Waals surface area contributed by atoms with Crippen LogP contribution >= 0.6 is 39.1 Å². The molecule has 2 saturated heterocycles. The maximum atomic E-state index is 15.4. The average Bonchev–Trinajstić information content (AvgIpc) is 3.56. The van der Waals surface area contributed by atoms with Crippen molar-refractivity contribution in [2.24, 2.45) is 23.7 Å². The number of nitrogens with zero attached hydrogens (tertiary/aromatic N) is 3. The van der Waals surface area contributed by atoms with Crippen molar-refractivity contribution in [1.82, 2.24) is 9.99 Å². The maximum Gasteiger partial charge on any atom is 0.488 e. The molecule has 19 heteroatoms. The zero-order valence-electron chi connectivity index (χ0n) is 29.9. The van der Waals surface area contributed by atoms with Gasteiger partial charge in [0, 0.05) is 27.2 Å². The van der Waals surface area contributed by atoms with Crippen molar-refractivity contribution in [3.8, 4) is 11.5 Å². The molecule has 6 atom stereocenters. The molecule has 4 aliphatic rings. The third-order valence-electron chi connectivity index (χ3n) is 11.6. The van der Waals surface area contributed by atoms with E-state index >= 15 is 4.79 Å². The van der Waals surface area contributed by atoms with E-state index < -0.39 is 88.3 Å². The zero-order valence-corrected chi connectivity index (χ0v) is 33.0. The Morgan fingerprint density at radius 1 is 0.983 bits per heavy atom. The van der Waals surface area contributed by atoms with Crippen LogP contribution in [0.25, 0.3) is 0 Å². The van der Waals surface area contributed by atoms with E-state index in [0.717, 1.165) is 4.90 Å². The molecule has 4 N–H and O–H groups in total. The number of aromatic hydroxyl groups is 1. The second kappa shape index (κ2) is 14.4. The molecule has 2 aliphatic carbocycles. The number of pyridine rings is 1. The van der Waals surface area contributed by atoms with Crippen LogP contribution in [0.2, 0.25) is 10.0 Å². The molecule has 298 valence electrons. The fourth-order valence-corrected chi connectivity index (χ4v) is 9.97. The Morgan fingerprint density at radius 2 is 1.71 bits per heavy atom. The van der Waals surface area contributed by atoms with Crippen molar-refractivity contribution in [1.29, 1.82) is 0 Å². The van der Waals surface area contributed by atoms with Crippen molar-refractivity contribution < 1.29 is 52.2 Å². The molecule has 1 saturated carbocycles. The topological polar surface area (TPSA) is 170 Å². The lowest BCUT2D eigenvalue weighted by Gasteiger charge is -2.50. The highest BCUT2D eigenvalue weighted by Gasteiger charge is 2.71. The summed E-state index contributed by atoms with van der Waals surface area (Å²) in [7, 11) is -0.552. The number of alkyl halides is 3. The Morgan fingerprint density at radius 3 is 2.36 bits per heavy atom. The van der Waals surface area contributed by atoms with Crippen LogP contribution in [0.4, 0.5) is 24.7 Å². The first-order valence-corrected chi connectivity index (χ1v) is 19.3. The SMILES string of the molecule is COc1cc(Br)cc(C2C3=CCC4C(=O)N(c5cccc(B(O)O)c5)C(=O)C4C3CC3C(=O)N(Nc4ncc(C(F)(F)F)cc4Cl)C(=O)C32c2ccc(Cl)cc2)c1O. The second-order valence-corrected chi connectivity index (χ2v) is 16.2. The molecule has 8 rings (SSSR count). The van der Waals surface area contributed by atoms with Gasteiger partial charge in [-0.1, -0.05) is 75.0 Å². The van der Waals surface area contributed by atoms with Crippen LogP contribution in [0.15, 0.2) is 89.0 Å². The molecule has 0 spiro atoms. The van der Waals surface area contributed by atoms with Crippen molar-refractivity contribution >= 4 is 86.8 Å². The number of ether oxygens (including phenoxy) is 1. The minimum atomic E-state index is -4.79. The molecule has 4 amide bonds. The maximum absolute atomic E-state index is 15.4. The Kier molecular flexibility index (Phi) is 9.91. The van der Waals surface area contributed by atoms with E-state index in [0.29, 0.717) is 32.3 Å². The fraction of sp³-hybridized carbons (Fsp3) is 0.256. The summed E-state index contributed by atoms with van der Waals surface area (Å²) in [5.74, 6) is -9.07.